The van der Waals surface area contributed by atoms with Gasteiger partial charge in [-0.15, -0.1) is 0 Å². The van der Waals surface area contributed by atoms with Gasteiger partial charge < -0.3 is 5.32 Å². The van der Waals surface area contributed by atoms with Crippen LogP contribution in [0.25, 0.3) is 0 Å². The summed E-state index contributed by atoms with van der Waals surface area (Å²) in [6.45, 7) is 5.37. The van der Waals surface area contributed by atoms with Crippen molar-refractivity contribution in [2.45, 2.75) is 20.8 Å². The summed E-state index contributed by atoms with van der Waals surface area (Å²) in [5.41, 5.74) is -0.504. The molecule has 1 aromatic rings. The van der Waals surface area contributed by atoms with E-state index in [1.807, 2.05) is 0 Å². The van der Waals surface area contributed by atoms with Crippen molar-refractivity contribution >= 4 is 27.7 Å². The van der Waals surface area contributed by atoms with Crippen molar-refractivity contribution in [3.63, 3.8) is 0 Å². The summed E-state index contributed by atoms with van der Waals surface area (Å²) in [6, 6.07) is 1.26. The number of nitrogens with one attached hydrogen (secondary N) is 1. The number of carbonyl (C=O) groups is 1. The van der Waals surface area contributed by atoms with E-state index >= 15 is 0 Å². The summed E-state index contributed by atoms with van der Waals surface area (Å²) < 4.78 is 13.1. The van der Waals surface area contributed by atoms with Crippen LogP contribution < -0.4 is 5.32 Å². The van der Waals surface area contributed by atoms with Gasteiger partial charge in [-0.25, -0.2) is 9.37 Å². The monoisotopic (exact) mass is 274 g/mol. The van der Waals surface area contributed by atoms with Crippen LogP contribution >= 0.6 is 15.9 Å². The molecule has 15 heavy (non-hydrogen) atoms. The van der Waals surface area contributed by atoms with Gasteiger partial charge in [0.25, 0.3) is 0 Å². The number of anilines is 1. The van der Waals surface area contributed by atoms with Gasteiger partial charge in [0, 0.05) is 5.41 Å². The topological polar surface area (TPSA) is 42.0 Å². The summed E-state index contributed by atoms with van der Waals surface area (Å²) in [7, 11) is 0. The minimum absolute atomic E-state index is 0.165. The van der Waals surface area contributed by atoms with Crippen LogP contribution in [-0.2, 0) is 4.79 Å². The lowest BCUT2D eigenvalue weighted by atomic mass is 9.96. The third-order valence-corrected chi connectivity index (χ3v) is 2.33. The van der Waals surface area contributed by atoms with Gasteiger partial charge in [0.15, 0.2) is 0 Å². The van der Waals surface area contributed by atoms with E-state index in [4.69, 9.17) is 0 Å². The molecule has 0 spiro atoms. The number of hydrogen-bond donors (Lipinski definition) is 1. The zero-order valence-corrected chi connectivity index (χ0v) is 10.4. The fourth-order valence-corrected chi connectivity index (χ4v) is 1.22. The first-order chi connectivity index (χ1) is 6.80. The van der Waals surface area contributed by atoms with E-state index in [2.05, 4.69) is 26.2 Å². The fraction of sp³-hybridized carbons (Fsp3) is 0.400. The summed E-state index contributed by atoms with van der Waals surface area (Å²) in [5.74, 6) is -0.283. The molecule has 82 valence electrons. The highest BCUT2D eigenvalue weighted by atomic mass is 79.9. The van der Waals surface area contributed by atoms with Crippen LogP contribution in [0.2, 0.25) is 0 Å². The van der Waals surface area contributed by atoms with E-state index in [1.165, 1.54) is 6.07 Å². The normalized spacial score (nSPS) is 11.3. The maximum Gasteiger partial charge on any atom is 0.230 e. The average molecular weight is 275 g/mol. The standard InChI is InChI=1S/C10H12BrFN2O/c1-10(2,3)9(15)14-8-7(11)4-6(12)5-13-8/h4-5H,1-3H3,(H,13,14,15). The maximum atomic E-state index is 12.7. The van der Waals surface area contributed by atoms with Crippen molar-refractivity contribution in [3.05, 3.63) is 22.6 Å². The highest BCUT2D eigenvalue weighted by molar-refractivity contribution is 9.10. The number of aromatic nitrogens is 1. The van der Waals surface area contributed by atoms with E-state index in [1.54, 1.807) is 20.8 Å². The molecule has 0 aliphatic heterocycles. The second-order valence-corrected chi connectivity index (χ2v) is 5.04. The van der Waals surface area contributed by atoms with E-state index in [0.29, 0.717) is 10.3 Å². The van der Waals surface area contributed by atoms with Crippen molar-refractivity contribution in [3.8, 4) is 0 Å². The third kappa shape index (κ3) is 3.27. The molecule has 5 heteroatoms. The first-order valence-corrected chi connectivity index (χ1v) is 5.22. The fourth-order valence-electron chi connectivity index (χ4n) is 0.802. The first-order valence-electron chi connectivity index (χ1n) is 4.43. The second-order valence-electron chi connectivity index (χ2n) is 4.19. The quantitative estimate of drug-likeness (QED) is 0.856. The lowest BCUT2D eigenvalue weighted by molar-refractivity contribution is -0.123. The van der Waals surface area contributed by atoms with Crippen LogP contribution in [0.15, 0.2) is 16.7 Å². The van der Waals surface area contributed by atoms with Gasteiger partial charge in [-0.05, 0) is 22.0 Å². The molecule has 0 unspecified atom stereocenters. The molecule has 0 atom stereocenters. The molecule has 1 amide bonds. The van der Waals surface area contributed by atoms with E-state index in [-0.39, 0.29) is 5.91 Å². The van der Waals surface area contributed by atoms with Crippen LogP contribution in [0.4, 0.5) is 10.2 Å². The maximum absolute atomic E-state index is 12.7. The molecular weight excluding hydrogens is 263 g/mol. The largest absolute Gasteiger partial charge is 0.309 e. The first kappa shape index (κ1) is 12.1. The molecule has 1 heterocycles. The van der Waals surface area contributed by atoms with Gasteiger partial charge in [0.2, 0.25) is 5.91 Å². The Kier molecular flexibility index (Phi) is 3.44. The van der Waals surface area contributed by atoms with Crippen LogP contribution in [0.3, 0.4) is 0 Å². The summed E-state index contributed by atoms with van der Waals surface area (Å²) in [4.78, 5) is 15.4. The minimum atomic E-state index is -0.504. The van der Waals surface area contributed by atoms with Gasteiger partial charge in [0.05, 0.1) is 10.7 Å². The van der Waals surface area contributed by atoms with Crippen molar-refractivity contribution in [2.24, 2.45) is 5.41 Å². The zero-order valence-electron chi connectivity index (χ0n) is 8.77. The Hall–Kier alpha value is -0.970. The molecule has 1 N–H and O–H groups in total. The average Bonchev–Trinajstić information content (AvgIpc) is 2.08. The number of rotatable bonds is 1. The van der Waals surface area contributed by atoms with Gasteiger partial charge in [0.1, 0.15) is 11.6 Å². The van der Waals surface area contributed by atoms with Crippen LogP contribution in [0.5, 0.6) is 0 Å². The Bertz CT molecular complexity index is 387. The SMILES string of the molecule is CC(C)(C)C(=O)Nc1ncc(F)cc1Br. The van der Waals surface area contributed by atoms with E-state index in [9.17, 15) is 9.18 Å². The lowest BCUT2D eigenvalue weighted by Crippen LogP contribution is -2.28. The number of halogens is 2. The molecule has 1 aromatic heterocycles. The third-order valence-electron chi connectivity index (χ3n) is 1.72. The lowest BCUT2D eigenvalue weighted by Gasteiger charge is -2.17. The molecule has 0 aliphatic carbocycles. The van der Waals surface area contributed by atoms with E-state index < -0.39 is 11.2 Å². The number of pyridine rings is 1. The van der Waals surface area contributed by atoms with Gasteiger partial charge in [-0.1, -0.05) is 20.8 Å². The van der Waals surface area contributed by atoms with Crippen molar-refractivity contribution < 1.29 is 9.18 Å². The van der Waals surface area contributed by atoms with Gasteiger partial charge in [-0.3, -0.25) is 4.79 Å². The molecule has 0 saturated carbocycles. The van der Waals surface area contributed by atoms with Crippen molar-refractivity contribution in [2.75, 3.05) is 5.32 Å². The highest BCUT2D eigenvalue weighted by Gasteiger charge is 2.22. The zero-order chi connectivity index (χ0) is 11.6. The van der Waals surface area contributed by atoms with Crippen molar-refractivity contribution in [1.82, 2.24) is 4.98 Å². The highest BCUT2D eigenvalue weighted by Crippen LogP contribution is 2.23. The number of amides is 1. The van der Waals surface area contributed by atoms with Crippen molar-refractivity contribution in [1.29, 1.82) is 0 Å². The van der Waals surface area contributed by atoms with Crippen LogP contribution in [-0.4, -0.2) is 10.9 Å². The Balaban J connectivity index is 2.87. The Morgan fingerprint density at radius 3 is 2.60 bits per heavy atom. The molecule has 0 aliphatic rings. The second kappa shape index (κ2) is 4.26. The molecule has 0 bridgehead atoms. The summed E-state index contributed by atoms with van der Waals surface area (Å²) in [6.07, 6.45) is 1.06. The summed E-state index contributed by atoms with van der Waals surface area (Å²) >= 11 is 3.13. The predicted molar refractivity (Wildman–Crippen MR) is 60.0 cm³/mol. The van der Waals surface area contributed by atoms with E-state index in [0.717, 1.165) is 6.20 Å². The molecule has 3 nitrogen and oxygen atoms in total. The number of hydrogen-bond acceptors (Lipinski definition) is 2. The molecule has 0 radical (unpaired) electrons. The number of carbonyl (C=O) groups excluding carboxylic acids is 1. The molecule has 1 rings (SSSR count). The van der Waals surface area contributed by atoms with Gasteiger partial charge in [-0.2, -0.15) is 0 Å². The summed E-state index contributed by atoms with van der Waals surface area (Å²) in [5, 5.41) is 2.61. The molecule has 0 saturated heterocycles. The molecule has 0 fully saturated rings. The Morgan fingerprint density at radius 2 is 2.13 bits per heavy atom. The van der Waals surface area contributed by atoms with Gasteiger partial charge >= 0.3 is 0 Å². The predicted octanol–water partition coefficient (Wildman–Crippen LogP) is 2.97. The molecular formula is C10H12BrFN2O. The van der Waals surface area contributed by atoms with Crippen LogP contribution in [0, 0.1) is 11.2 Å². The number of nitrogens with zero attached hydrogens (tertiary/aromatic N) is 1. The minimum Gasteiger partial charge on any atom is -0.309 e. The Morgan fingerprint density at radius 1 is 1.53 bits per heavy atom. The smallest absolute Gasteiger partial charge is 0.230 e. The molecule has 0 aromatic carbocycles. The van der Waals surface area contributed by atoms with Crippen LogP contribution in [0.1, 0.15) is 20.8 Å². The Labute approximate surface area is 96.2 Å².